The van der Waals surface area contributed by atoms with Crippen LogP contribution in [0.1, 0.15) is 21.6 Å². The van der Waals surface area contributed by atoms with E-state index < -0.39 is 0 Å². The molecule has 0 bridgehead atoms. The van der Waals surface area contributed by atoms with Crippen molar-refractivity contribution in [2.75, 3.05) is 13.1 Å². The third-order valence-corrected chi connectivity index (χ3v) is 3.87. The molecule has 2 aliphatic heterocycles. The lowest BCUT2D eigenvalue weighted by Crippen LogP contribution is -2.47. The second-order valence-electron chi connectivity index (χ2n) is 5.45. The molecule has 6 nitrogen and oxygen atoms in total. The third-order valence-electron chi connectivity index (χ3n) is 3.87. The summed E-state index contributed by atoms with van der Waals surface area (Å²) in [6, 6.07) is 11.4. The van der Waals surface area contributed by atoms with E-state index in [2.05, 4.69) is 20.3 Å². The number of nitrogens with one attached hydrogen (secondary N) is 1. The Hall–Kier alpha value is -3.02. The first-order valence-electron chi connectivity index (χ1n) is 7.46. The fourth-order valence-corrected chi connectivity index (χ4v) is 2.69. The van der Waals surface area contributed by atoms with Crippen LogP contribution in [0.15, 0.2) is 52.6 Å². The first-order chi connectivity index (χ1) is 11.2. The molecule has 23 heavy (non-hydrogen) atoms. The van der Waals surface area contributed by atoms with Gasteiger partial charge in [0.05, 0.1) is 17.8 Å². The van der Waals surface area contributed by atoms with Gasteiger partial charge in [-0.05, 0) is 31.2 Å². The molecule has 114 valence electrons. The number of para-hydroxylation sites is 1. The standard InChI is InChI=1S/C17H15N5O/c1-11-6-7-12(10-19-11)16(23)21-17-20-14-5-3-2-4-13(14)15-18-8-9-22(15)17/h2-7,10H,8-9H2,1H3,(H,20,21,23). The van der Waals surface area contributed by atoms with Crippen LogP contribution in [0.3, 0.4) is 0 Å². The Morgan fingerprint density at radius 1 is 1.22 bits per heavy atom. The minimum atomic E-state index is -0.220. The lowest BCUT2D eigenvalue weighted by atomic mass is 10.1. The largest absolute Gasteiger partial charge is 0.294 e. The van der Waals surface area contributed by atoms with Crippen LogP contribution in [-0.2, 0) is 0 Å². The topological polar surface area (TPSA) is 70.0 Å². The van der Waals surface area contributed by atoms with Gasteiger partial charge in [0.25, 0.3) is 5.91 Å². The highest BCUT2D eigenvalue weighted by Gasteiger charge is 2.30. The molecule has 2 aliphatic rings. The number of amidine groups is 1. The summed E-state index contributed by atoms with van der Waals surface area (Å²) in [5, 5.41) is 2.88. The zero-order valence-corrected chi connectivity index (χ0v) is 12.7. The van der Waals surface area contributed by atoms with Gasteiger partial charge < -0.3 is 0 Å². The molecule has 1 amide bonds. The van der Waals surface area contributed by atoms with Crippen molar-refractivity contribution in [3.8, 4) is 0 Å². The molecule has 0 saturated heterocycles. The van der Waals surface area contributed by atoms with Crippen molar-refractivity contribution in [1.82, 2.24) is 15.2 Å². The molecule has 3 heterocycles. The molecule has 6 heteroatoms. The van der Waals surface area contributed by atoms with Crippen molar-refractivity contribution in [1.29, 1.82) is 0 Å². The zero-order chi connectivity index (χ0) is 15.8. The number of carbonyl (C=O) groups excluding carboxylic acids is 1. The van der Waals surface area contributed by atoms with E-state index in [1.807, 2.05) is 42.2 Å². The minimum absolute atomic E-state index is 0.220. The summed E-state index contributed by atoms with van der Waals surface area (Å²) in [6.07, 6.45) is 1.57. The maximum Gasteiger partial charge on any atom is 0.259 e. The molecule has 1 N–H and O–H groups in total. The van der Waals surface area contributed by atoms with Crippen molar-refractivity contribution in [3.05, 3.63) is 59.4 Å². The second kappa shape index (κ2) is 5.31. The maximum atomic E-state index is 12.4. The van der Waals surface area contributed by atoms with E-state index in [-0.39, 0.29) is 5.91 Å². The lowest BCUT2D eigenvalue weighted by Gasteiger charge is -2.27. The van der Waals surface area contributed by atoms with E-state index in [0.29, 0.717) is 18.1 Å². The molecule has 1 aromatic heterocycles. The zero-order valence-electron chi connectivity index (χ0n) is 12.7. The van der Waals surface area contributed by atoms with E-state index in [1.54, 1.807) is 12.3 Å². The third kappa shape index (κ3) is 2.38. The quantitative estimate of drug-likeness (QED) is 0.874. The molecular formula is C17H15N5O. The summed E-state index contributed by atoms with van der Waals surface area (Å²) in [5.74, 6) is 1.17. The van der Waals surface area contributed by atoms with Crippen LogP contribution in [0.4, 0.5) is 5.69 Å². The minimum Gasteiger partial charge on any atom is -0.294 e. The number of benzene rings is 1. The van der Waals surface area contributed by atoms with Gasteiger partial charge in [0.15, 0.2) is 0 Å². The average molecular weight is 305 g/mol. The van der Waals surface area contributed by atoms with E-state index in [4.69, 9.17) is 0 Å². The van der Waals surface area contributed by atoms with Gasteiger partial charge in [0.1, 0.15) is 5.84 Å². The van der Waals surface area contributed by atoms with Crippen molar-refractivity contribution < 1.29 is 4.79 Å². The van der Waals surface area contributed by atoms with Crippen molar-refractivity contribution >= 4 is 23.4 Å². The number of guanidine groups is 1. The summed E-state index contributed by atoms with van der Waals surface area (Å²) in [5.41, 5.74) is 3.20. The number of aromatic nitrogens is 1. The lowest BCUT2D eigenvalue weighted by molar-refractivity contribution is 0.0973. The van der Waals surface area contributed by atoms with Crippen LogP contribution in [0.2, 0.25) is 0 Å². The summed E-state index contributed by atoms with van der Waals surface area (Å²) in [6.45, 7) is 3.30. The van der Waals surface area contributed by atoms with Crippen LogP contribution >= 0.6 is 0 Å². The Morgan fingerprint density at radius 2 is 2.09 bits per heavy atom. The molecular weight excluding hydrogens is 290 g/mol. The van der Waals surface area contributed by atoms with E-state index >= 15 is 0 Å². The monoisotopic (exact) mass is 305 g/mol. The van der Waals surface area contributed by atoms with Crippen molar-refractivity contribution in [2.45, 2.75) is 6.92 Å². The van der Waals surface area contributed by atoms with E-state index in [1.165, 1.54) is 0 Å². The van der Waals surface area contributed by atoms with Crippen LogP contribution in [-0.4, -0.2) is 40.7 Å². The second-order valence-corrected chi connectivity index (χ2v) is 5.45. The summed E-state index contributed by atoms with van der Waals surface area (Å²) in [4.78, 5) is 27.6. The number of nitrogens with zero attached hydrogens (tertiary/aromatic N) is 4. The molecule has 0 unspecified atom stereocenters. The normalized spacial score (nSPS) is 15.4. The van der Waals surface area contributed by atoms with Gasteiger partial charge in [-0.2, -0.15) is 0 Å². The van der Waals surface area contributed by atoms with Gasteiger partial charge in [-0.1, -0.05) is 12.1 Å². The Morgan fingerprint density at radius 3 is 2.91 bits per heavy atom. The first-order valence-corrected chi connectivity index (χ1v) is 7.46. The van der Waals surface area contributed by atoms with Gasteiger partial charge in [-0.25, -0.2) is 4.99 Å². The van der Waals surface area contributed by atoms with E-state index in [9.17, 15) is 4.79 Å². The molecule has 0 radical (unpaired) electrons. The van der Waals surface area contributed by atoms with Gasteiger partial charge in [-0.15, -0.1) is 0 Å². The van der Waals surface area contributed by atoms with Gasteiger partial charge in [-0.3, -0.25) is 25.0 Å². The SMILES string of the molecule is Cc1ccc(C(=O)NC2=Nc3ccccc3C3=NCCN23)cn1. The number of amides is 1. The molecule has 4 rings (SSSR count). The van der Waals surface area contributed by atoms with E-state index in [0.717, 1.165) is 29.3 Å². The fraction of sp³-hybridized carbons (Fsp3) is 0.176. The van der Waals surface area contributed by atoms with Gasteiger partial charge >= 0.3 is 0 Å². The van der Waals surface area contributed by atoms with Crippen LogP contribution in [0, 0.1) is 6.92 Å². The Labute approximate surface area is 133 Å². The molecule has 0 aliphatic carbocycles. The number of fused-ring (bicyclic) bond motifs is 3. The Bertz CT molecular complexity index is 838. The molecule has 0 saturated carbocycles. The summed E-state index contributed by atoms with van der Waals surface area (Å²) < 4.78 is 0. The highest BCUT2D eigenvalue weighted by atomic mass is 16.1. The number of hydrogen-bond donors (Lipinski definition) is 1. The number of aryl methyl sites for hydroxylation is 1. The van der Waals surface area contributed by atoms with Crippen molar-refractivity contribution in [2.24, 2.45) is 9.98 Å². The van der Waals surface area contributed by atoms with Gasteiger partial charge in [0, 0.05) is 24.0 Å². The number of aliphatic imine (C=N–C) groups is 2. The number of carbonyl (C=O) groups is 1. The Kier molecular flexibility index (Phi) is 3.15. The average Bonchev–Trinajstić information content (AvgIpc) is 3.06. The first kappa shape index (κ1) is 13.6. The molecule has 1 aromatic carbocycles. The fourth-order valence-electron chi connectivity index (χ4n) is 2.69. The van der Waals surface area contributed by atoms with Gasteiger partial charge in [0.2, 0.25) is 5.96 Å². The molecule has 2 aromatic rings. The number of rotatable bonds is 1. The predicted molar refractivity (Wildman–Crippen MR) is 88.1 cm³/mol. The van der Waals surface area contributed by atoms with Crippen molar-refractivity contribution in [3.63, 3.8) is 0 Å². The number of hydrogen-bond acceptors (Lipinski definition) is 5. The Balaban J connectivity index is 1.66. The van der Waals surface area contributed by atoms with Crippen LogP contribution in [0.5, 0.6) is 0 Å². The maximum absolute atomic E-state index is 12.4. The summed E-state index contributed by atoms with van der Waals surface area (Å²) >= 11 is 0. The smallest absolute Gasteiger partial charge is 0.259 e. The highest BCUT2D eigenvalue weighted by molar-refractivity contribution is 6.19. The highest BCUT2D eigenvalue weighted by Crippen LogP contribution is 2.27. The van der Waals surface area contributed by atoms with Crippen LogP contribution in [0.25, 0.3) is 0 Å². The predicted octanol–water partition coefficient (Wildman–Crippen LogP) is 1.88. The van der Waals surface area contributed by atoms with Crippen LogP contribution < -0.4 is 5.32 Å². The molecule has 0 fully saturated rings. The molecule has 0 spiro atoms. The number of pyridine rings is 1. The molecule has 0 atom stereocenters. The summed E-state index contributed by atoms with van der Waals surface area (Å²) in [7, 11) is 0.